The Balaban J connectivity index is 2.13. The van der Waals surface area contributed by atoms with Crippen molar-refractivity contribution in [2.75, 3.05) is 0 Å². The number of carboxylic acid groups (broad SMARTS) is 1. The van der Waals surface area contributed by atoms with Crippen LogP contribution in [0.25, 0.3) is 10.9 Å². The highest BCUT2D eigenvalue weighted by molar-refractivity contribution is 6.22. The summed E-state index contributed by atoms with van der Waals surface area (Å²) in [5.41, 5.74) is -0.997. The lowest BCUT2D eigenvalue weighted by molar-refractivity contribution is -0.208. The fraction of sp³-hybridized carbons (Fsp3) is 0.278. The van der Waals surface area contributed by atoms with Crippen LogP contribution in [0, 0.1) is 12.3 Å². The number of aryl methyl sites for hydroxylation is 1. The second-order valence-electron chi connectivity index (χ2n) is 6.13. The lowest BCUT2D eigenvalue weighted by Crippen LogP contribution is -2.47. The maximum Gasteiger partial charge on any atom is 0.401 e. The standard InChI is InChI=1S/C18H15ClF3NO2/c1-11-8-13-9-12(16(24)25)5-6-14(13)23(11)10-17(18(20,21)22)7-3-2-4-15(17)19/h2-9,15H,10H2,1H3,(H,24,25). The fourth-order valence-electron chi connectivity index (χ4n) is 3.15. The van der Waals surface area contributed by atoms with Gasteiger partial charge in [0.15, 0.2) is 0 Å². The van der Waals surface area contributed by atoms with Gasteiger partial charge in [-0.2, -0.15) is 13.2 Å². The van der Waals surface area contributed by atoms with E-state index in [9.17, 15) is 18.0 Å². The Kier molecular flexibility index (Phi) is 4.19. The van der Waals surface area contributed by atoms with Crippen LogP contribution >= 0.6 is 11.6 Å². The number of fused-ring (bicyclic) bond motifs is 1. The molecule has 0 spiro atoms. The van der Waals surface area contributed by atoms with E-state index in [1.165, 1.54) is 41.0 Å². The highest BCUT2D eigenvalue weighted by Crippen LogP contribution is 2.48. The smallest absolute Gasteiger partial charge is 0.401 e. The number of halogens is 4. The first-order chi connectivity index (χ1) is 11.7. The molecular formula is C18H15ClF3NO2. The number of alkyl halides is 4. The van der Waals surface area contributed by atoms with E-state index in [2.05, 4.69) is 0 Å². The van der Waals surface area contributed by atoms with Gasteiger partial charge in [-0.15, -0.1) is 11.6 Å². The average Bonchev–Trinajstić information content (AvgIpc) is 2.83. The summed E-state index contributed by atoms with van der Waals surface area (Å²) in [4.78, 5) is 11.1. The monoisotopic (exact) mass is 369 g/mol. The maximum absolute atomic E-state index is 13.9. The van der Waals surface area contributed by atoms with Crippen molar-refractivity contribution in [1.82, 2.24) is 4.57 Å². The van der Waals surface area contributed by atoms with Crippen LogP contribution in [0.2, 0.25) is 0 Å². The minimum Gasteiger partial charge on any atom is -0.478 e. The number of hydrogen-bond donors (Lipinski definition) is 1. The minimum absolute atomic E-state index is 0.0888. The number of allylic oxidation sites excluding steroid dienone is 4. The Morgan fingerprint density at radius 3 is 2.64 bits per heavy atom. The molecule has 2 atom stereocenters. The average molecular weight is 370 g/mol. The Hall–Kier alpha value is -2.21. The van der Waals surface area contributed by atoms with E-state index in [0.29, 0.717) is 16.6 Å². The zero-order valence-electron chi connectivity index (χ0n) is 13.2. The topological polar surface area (TPSA) is 42.2 Å². The number of rotatable bonds is 3. The molecule has 1 aromatic carbocycles. The van der Waals surface area contributed by atoms with E-state index in [0.717, 1.165) is 6.08 Å². The van der Waals surface area contributed by atoms with Crippen molar-refractivity contribution in [2.45, 2.75) is 25.0 Å². The molecule has 0 fully saturated rings. The van der Waals surface area contributed by atoms with Gasteiger partial charge < -0.3 is 9.67 Å². The minimum atomic E-state index is -4.54. The second-order valence-corrected chi connectivity index (χ2v) is 6.60. The predicted octanol–water partition coefficient (Wildman–Crippen LogP) is 4.93. The number of aromatic carboxylic acids is 1. The van der Waals surface area contributed by atoms with E-state index in [-0.39, 0.29) is 12.1 Å². The molecule has 25 heavy (non-hydrogen) atoms. The molecule has 0 saturated heterocycles. The van der Waals surface area contributed by atoms with E-state index in [1.54, 1.807) is 13.0 Å². The molecule has 3 nitrogen and oxygen atoms in total. The molecular weight excluding hydrogens is 355 g/mol. The zero-order chi connectivity index (χ0) is 18.4. The van der Waals surface area contributed by atoms with Gasteiger partial charge in [0.05, 0.1) is 10.9 Å². The molecule has 1 heterocycles. The van der Waals surface area contributed by atoms with Crippen molar-refractivity contribution in [3.8, 4) is 0 Å². The second kappa shape index (κ2) is 5.95. The third kappa shape index (κ3) is 2.84. The Morgan fingerprint density at radius 1 is 1.32 bits per heavy atom. The summed E-state index contributed by atoms with van der Waals surface area (Å²) < 4.78 is 43.2. The first-order valence-corrected chi connectivity index (χ1v) is 7.99. The van der Waals surface area contributed by atoms with Crippen LogP contribution in [0.15, 0.2) is 48.6 Å². The third-order valence-corrected chi connectivity index (χ3v) is 5.11. The van der Waals surface area contributed by atoms with E-state index >= 15 is 0 Å². The van der Waals surface area contributed by atoms with Gasteiger partial charge in [-0.05, 0) is 31.2 Å². The van der Waals surface area contributed by atoms with Gasteiger partial charge in [0, 0.05) is 23.1 Å². The first-order valence-electron chi connectivity index (χ1n) is 7.56. The van der Waals surface area contributed by atoms with Crippen LogP contribution < -0.4 is 0 Å². The lowest BCUT2D eigenvalue weighted by atomic mass is 9.80. The Labute approximate surface area is 147 Å². The highest BCUT2D eigenvalue weighted by atomic mass is 35.5. The first kappa shape index (κ1) is 17.6. The zero-order valence-corrected chi connectivity index (χ0v) is 14.0. The molecule has 1 aliphatic carbocycles. The number of carboxylic acids is 1. The highest BCUT2D eigenvalue weighted by Gasteiger charge is 2.57. The number of benzene rings is 1. The van der Waals surface area contributed by atoms with Crippen molar-refractivity contribution in [2.24, 2.45) is 5.41 Å². The van der Waals surface area contributed by atoms with Crippen molar-refractivity contribution in [3.63, 3.8) is 0 Å². The molecule has 7 heteroatoms. The number of hydrogen-bond acceptors (Lipinski definition) is 1. The molecule has 0 saturated carbocycles. The van der Waals surface area contributed by atoms with Crippen LogP contribution in [0.4, 0.5) is 13.2 Å². The molecule has 2 unspecified atom stereocenters. The number of nitrogens with zero attached hydrogens (tertiary/aromatic N) is 1. The van der Waals surface area contributed by atoms with E-state index in [4.69, 9.17) is 16.7 Å². The summed E-state index contributed by atoms with van der Waals surface area (Å²) in [5, 5.41) is 8.42. The maximum atomic E-state index is 13.9. The largest absolute Gasteiger partial charge is 0.478 e. The molecule has 3 rings (SSSR count). The molecule has 1 aromatic heterocycles. The predicted molar refractivity (Wildman–Crippen MR) is 90.0 cm³/mol. The van der Waals surface area contributed by atoms with Crippen molar-refractivity contribution in [3.05, 3.63) is 59.8 Å². The molecule has 0 radical (unpaired) electrons. The molecule has 1 N–H and O–H groups in total. The molecule has 0 amide bonds. The lowest BCUT2D eigenvalue weighted by Gasteiger charge is -2.38. The Bertz CT molecular complexity index is 898. The summed E-state index contributed by atoms with van der Waals surface area (Å²) >= 11 is 6.06. The van der Waals surface area contributed by atoms with Crippen LogP contribution in [0.1, 0.15) is 16.1 Å². The molecule has 132 valence electrons. The van der Waals surface area contributed by atoms with Gasteiger partial charge in [-0.3, -0.25) is 0 Å². The summed E-state index contributed by atoms with van der Waals surface area (Å²) in [7, 11) is 0. The number of aromatic nitrogens is 1. The van der Waals surface area contributed by atoms with Crippen molar-refractivity contribution < 1.29 is 23.1 Å². The van der Waals surface area contributed by atoms with E-state index in [1.807, 2.05) is 0 Å². The van der Waals surface area contributed by atoms with Crippen LogP contribution in [-0.2, 0) is 6.54 Å². The SMILES string of the molecule is Cc1cc2cc(C(=O)O)ccc2n1CC1(C(F)(F)F)C=CC=CC1Cl. The van der Waals surface area contributed by atoms with Crippen molar-refractivity contribution in [1.29, 1.82) is 0 Å². The normalized spacial score (nSPS) is 23.3. The van der Waals surface area contributed by atoms with Gasteiger partial charge in [0.1, 0.15) is 5.41 Å². The van der Waals surface area contributed by atoms with Gasteiger partial charge in [-0.25, -0.2) is 4.79 Å². The van der Waals surface area contributed by atoms with Crippen LogP contribution in [0.3, 0.4) is 0 Å². The summed E-state index contributed by atoms with van der Waals surface area (Å²) in [6.07, 6.45) is 0.752. The third-order valence-electron chi connectivity index (χ3n) is 4.58. The molecule has 0 aliphatic heterocycles. The summed E-state index contributed by atoms with van der Waals surface area (Å²) in [6, 6.07) is 6.05. The Morgan fingerprint density at radius 2 is 2.04 bits per heavy atom. The number of carbonyl (C=O) groups is 1. The van der Waals surface area contributed by atoms with Gasteiger partial charge in [0.2, 0.25) is 0 Å². The van der Waals surface area contributed by atoms with Crippen LogP contribution in [-0.4, -0.2) is 27.2 Å². The van der Waals surface area contributed by atoms with Crippen LogP contribution in [0.5, 0.6) is 0 Å². The summed E-state index contributed by atoms with van der Waals surface area (Å²) in [6.45, 7) is 1.31. The summed E-state index contributed by atoms with van der Waals surface area (Å²) in [5.74, 6) is -1.08. The quantitative estimate of drug-likeness (QED) is 0.779. The molecule has 0 bridgehead atoms. The van der Waals surface area contributed by atoms with Gasteiger partial charge in [0.25, 0.3) is 0 Å². The fourth-order valence-corrected chi connectivity index (χ4v) is 3.50. The molecule has 1 aliphatic rings. The van der Waals surface area contributed by atoms with Gasteiger partial charge >= 0.3 is 12.1 Å². The van der Waals surface area contributed by atoms with Gasteiger partial charge in [-0.1, -0.05) is 24.3 Å². The molecule has 2 aromatic rings. The van der Waals surface area contributed by atoms with E-state index < -0.39 is 22.9 Å². The van der Waals surface area contributed by atoms with Crippen molar-refractivity contribution >= 4 is 28.5 Å².